The fourth-order valence-corrected chi connectivity index (χ4v) is 4.56. The lowest BCUT2D eigenvalue weighted by Gasteiger charge is -2.31. The average Bonchev–Trinajstić information content (AvgIpc) is 3.63. The van der Waals surface area contributed by atoms with Crippen LogP contribution in [0.3, 0.4) is 0 Å². The van der Waals surface area contributed by atoms with Crippen molar-refractivity contribution >= 4 is 43.9 Å². The SMILES string of the molecule is CC(=CCOc1c2occc2cc2ccc(=O)oc12)COC(C)(C)C(O)COc1c2occc2cc2ccc(=O)oc12. The largest absolute Gasteiger partial charge is 0.483 e. The Hall–Kier alpha value is -4.80. The lowest BCUT2D eigenvalue weighted by molar-refractivity contribution is -0.105. The van der Waals surface area contributed by atoms with Crippen molar-refractivity contribution < 1.29 is 37.0 Å². The molecule has 42 heavy (non-hydrogen) atoms. The molecule has 1 N–H and O–H groups in total. The number of fused-ring (bicyclic) bond motifs is 4. The first-order valence-electron chi connectivity index (χ1n) is 13.3. The Kier molecular flexibility index (Phi) is 7.09. The van der Waals surface area contributed by atoms with Crippen molar-refractivity contribution in [2.24, 2.45) is 0 Å². The van der Waals surface area contributed by atoms with Gasteiger partial charge in [0.25, 0.3) is 0 Å². The molecule has 0 saturated heterocycles. The van der Waals surface area contributed by atoms with Gasteiger partial charge in [-0.05, 0) is 68.8 Å². The minimum Gasteiger partial charge on any atom is -0.483 e. The Labute approximate surface area is 238 Å². The van der Waals surface area contributed by atoms with Crippen molar-refractivity contribution in [3.63, 3.8) is 0 Å². The lowest BCUT2D eigenvalue weighted by atomic mass is 10.0. The molecule has 0 aliphatic carbocycles. The summed E-state index contributed by atoms with van der Waals surface area (Å²) >= 11 is 0. The Balaban J connectivity index is 1.11. The van der Waals surface area contributed by atoms with Crippen molar-refractivity contribution in [1.29, 1.82) is 0 Å². The number of aliphatic hydroxyl groups is 1. The van der Waals surface area contributed by atoms with Gasteiger partial charge >= 0.3 is 11.3 Å². The molecule has 4 heterocycles. The molecule has 0 aliphatic rings. The van der Waals surface area contributed by atoms with Crippen LogP contribution in [0.4, 0.5) is 0 Å². The van der Waals surface area contributed by atoms with Crippen LogP contribution in [0.25, 0.3) is 43.9 Å². The van der Waals surface area contributed by atoms with Crippen LogP contribution < -0.4 is 20.7 Å². The normalized spacial score (nSPS) is 13.4. The second-order valence-corrected chi connectivity index (χ2v) is 10.5. The van der Waals surface area contributed by atoms with Crippen LogP contribution in [-0.4, -0.2) is 36.6 Å². The number of ether oxygens (including phenoxy) is 3. The summed E-state index contributed by atoms with van der Waals surface area (Å²) in [5, 5.41) is 14.0. The zero-order valence-corrected chi connectivity index (χ0v) is 23.2. The third-order valence-electron chi connectivity index (χ3n) is 7.09. The standard InChI is InChI=1S/C32H28O10/c1-18(8-11-38-30-26-21(9-12-36-26)14-19-4-6-24(34)41-28(19)30)16-40-32(2,3)23(33)17-39-31-27-22(10-13-37-27)15-20-5-7-25(35)42-29(20)31/h4-10,12-15,23,33H,11,16-17H2,1-3H3. The van der Waals surface area contributed by atoms with Crippen LogP contribution in [-0.2, 0) is 4.74 Å². The van der Waals surface area contributed by atoms with Gasteiger partial charge in [0.05, 0.1) is 24.7 Å². The summed E-state index contributed by atoms with van der Waals surface area (Å²) in [6.45, 7) is 5.61. The van der Waals surface area contributed by atoms with Gasteiger partial charge in [-0.25, -0.2) is 9.59 Å². The maximum absolute atomic E-state index is 11.9. The van der Waals surface area contributed by atoms with Crippen LogP contribution in [0.1, 0.15) is 20.8 Å². The van der Waals surface area contributed by atoms with E-state index in [0.29, 0.717) is 27.9 Å². The number of hydrogen-bond acceptors (Lipinski definition) is 10. The zero-order valence-electron chi connectivity index (χ0n) is 23.2. The fraction of sp³-hybridized carbons (Fsp3) is 0.250. The monoisotopic (exact) mass is 572 g/mol. The molecule has 6 aromatic rings. The molecule has 0 fully saturated rings. The summed E-state index contributed by atoms with van der Waals surface area (Å²) in [6, 6.07) is 13.3. The van der Waals surface area contributed by atoms with Gasteiger partial charge in [0.15, 0.2) is 22.3 Å². The van der Waals surface area contributed by atoms with E-state index >= 15 is 0 Å². The van der Waals surface area contributed by atoms with Crippen LogP contribution in [0, 0.1) is 0 Å². The van der Waals surface area contributed by atoms with Crippen molar-refractivity contribution in [2.45, 2.75) is 32.5 Å². The van der Waals surface area contributed by atoms with Crippen molar-refractivity contribution in [2.75, 3.05) is 19.8 Å². The van der Waals surface area contributed by atoms with E-state index < -0.39 is 23.0 Å². The molecule has 216 valence electrons. The molecular formula is C32H28O10. The van der Waals surface area contributed by atoms with Gasteiger partial charge in [0.1, 0.15) is 19.3 Å². The quantitative estimate of drug-likeness (QED) is 0.155. The summed E-state index contributed by atoms with van der Waals surface area (Å²) in [4.78, 5) is 23.7. The second kappa shape index (κ2) is 10.9. The van der Waals surface area contributed by atoms with E-state index in [1.165, 1.54) is 18.4 Å². The number of rotatable bonds is 10. The van der Waals surface area contributed by atoms with Crippen LogP contribution >= 0.6 is 0 Å². The molecule has 1 unspecified atom stereocenters. The summed E-state index contributed by atoms with van der Waals surface area (Å²) in [7, 11) is 0. The van der Waals surface area contributed by atoms with Gasteiger partial charge < -0.3 is 37.0 Å². The van der Waals surface area contributed by atoms with Gasteiger partial charge in [-0.3, -0.25) is 0 Å². The Morgan fingerprint density at radius 2 is 1.33 bits per heavy atom. The molecule has 10 heteroatoms. The third kappa shape index (κ3) is 5.29. The second-order valence-electron chi connectivity index (χ2n) is 10.5. The number of hydrogen-bond donors (Lipinski definition) is 1. The number of benzene rings is 2. The molecule has 6 rings (SSSR count). The van der Waals surface area contributed by atoms with Gasteiger partial charge in [0.2, 0.25) is 11.5 Å². The lowest BCUT2D eigenvalue weighted by Crippen LogP contribution is -2.43. The molecule has 10 nitrogen and oxygen atoms in total. The molecule has 0 amide bonds. The molecule has 4 aromatic heterocycles. The first kappa shape index (κ1) is 27.4. The number of furan rings is 2. The van der Waals surface area contributed by atoms with E-state index in [9.17, 15) is 14.7 Å². The van der Waals surface area contributed by atoms with E-state index in [2.05, 4.69) is 0 Å². The average molecular weight is 573 g/mol. The van der Waals surface area contributed by atoms with Gasteiger partial charge in [-0.15, -0.1) is 0 Å². The Morgan fingerprint density at radius 1 is 0.810 bits per heavy atom. The first-order valence-corrected chi connectivity index (χ1v) is 13.3. The molecular weight excluding hydrogens is 544 g/mol. The summed E-state index contributed by atoms with van der Waals surface area (Å²) in [6.07, 6.45) is 3.86. The van der Waals surface area contributed by atoms with Gasteiger partial charge in [0, 0.05) is 33.7 Å². The predicted molar refractivity (Wildman–Crippen MR) is 155 cm³/mol. The molecule has 0 aliphatic heterocycles. The zero-order chi connectivity index (χ0) is 29.4. The highest BCUT2D eigenvalue weighted by Gasteiger charge is 2.30. The third-order valence-corrected chi connectivity index (χ3v) is 7.09. The van der Waals surface area contributed by atoms with Crippen LogP contribution in [0.15, 0.2) is 100.0 Å². The van der Waals surface area contributed by atoms with E-state index in [1.807, 2.05) is 31.2 Å². The summed E-state index contributed by atoms with van der Waals surface area (Å²) in [5.74, 6) is 0.584. The van der Waals surface area contributed by atoms with Crippen LogP contribution in [0.5, 0.6) is 11.5 Å². The molecule has 1 atom stereocenters. The smallest absolute Gasteiger partial charge is 0.336 e. The van der Waals surface area contributed by atoms with E-state index in [1.54, 1.807) is 38.3 Å². The fourth-order valence-electron chi connectivity index (χ4n) is 4.56. The maximum Gasteiger partial charge on any atom is 0.336 e. The van der Waals surface area contributed by atoms with Crippen molar-refractivity contribution in [3.8, 4) is 11.5 Å². The van der Waals surface area contributed by atoms with Gasteiger partial charge in [-0.1, -0.05) is 0 Å². The topological polar surface area (TPSA) is 135 Å². The predicted octanol–water partition coefficient (Wildman–Crippen LogP) is 5.95. The highest BCUT2D eigenvalue weighted by molar-refractivity contribution is 6.00. The van der Waals surface area contributed by atoms with E-state index in [-0.39, 0.29) is 31.2 Å². The van der Waals surface area contributed by atoms with E-state index in [0.717, 1.165) is 21.7 Å². The molecule has 0 saturated carbocycles. The van der Waals surface area contributed by atoms with Crippen molar-refractivity contribution in [1.82, 2.24) is 0 Å². The maximum atomic E-state index is 11.9. The Morgan fingerprint density at radius 3 is 1.90 bits per heavy atom. The summed E-state index contributed by atoms with van der Waals surface area (Å²) < 4.78 is 39.9. The molecule has 2 aromatic carbocycles. The molecule has 0 spiro atoms. The minimum atomic E-state index is -1.04. The Bertz CT molecular complexity index is 2050. The first-order chi connectivity index (χ1) is 20.2. The minimum absolute atomic E-state index is 0.141. The highest BCUT2D eigenvalue weighted by atomic mass is 16.5. The van der Waals surface area contributed by atoms with Gasteiger partial charge in [-0.2, -0.15) is 0 Å². The highest BCUT2D eigenvalue weighted by Crippen LogP contribution is 2.36. The summed E-state index contributed by atoms with van der Waals surface area (Å²) in [5.41, 5.74) is 0.305. The van der Waals surface area contributed by atoms with Crippen molar-refractivity contribution in [3.05, 3.63) is 93.5 Å². The van der Waals surface area contributed by atoms with E-state index in [4.69, 9.17) is 31.9 Å². The van der Waals surface area contributed by atoms with Crippen LogP contribution in [0.2, 0.25) is 0 Å². The molecule has 0 bridgehead atoms. The number of aliphatic hydroxyl groups excluding tert-OH is 1. The molecule has 0 radical (unpaired) electrons.